The Kier molecular flexibility index (Phi) is 8.67. The Morgan fingerprint density at radius 1 is 1.00 bits per heavy atom. The van der Waals surface area contributed by atoms with Crippen LogP contribution in [0.4, 0.5) is 22.7 Å². The van der Waals surface area contributed by atoms with Crippen LogP contribution < -0.4 is 26.8 Å². The third kappa shape index (κ3) is 6.26. The molecule has 7 N–H and O–H groups in total. The van der Waals surface area contributed by atoms with E-state index in [1.807, 2.05) is 6.92 Å². The molecule has 0 heterocycles. The fourth-order valence-corrected chi connectivity index (χ4v) is 3.54. The number of carbonyl (C=O) groups excluding carboxylic acids is 2. The van der Waals surface area contributed by atoms with Crippen LogP contribution in [-0.2, 0) is 0 Å². The largest absolute Gasteiger partial charge is 0.505 e. The summed E-state index contributed by atoms with van der Waals surface area (Å²) in [5.74, 6) is -0.396. The molecule has 4 aromatic rings. The number of ether oxygens (including phenoxy) is 1. The van der Waals surface area contributed by atoms with Gasteiger partial charge in [-0.25, -0.2) is 0 Å². The Morgan fingerprint density at radius 3 is 2.29 bits per heavy atom. The SMILES string of the molecule is CCNC(=O)c1ccc(OC)c(N)c1.Nc1c(O)c(C(=O)Nc2ccc([N+](=O)[O-])cc2)cc2ccccc12. The van der Waals surface area contributed by atoms with Gasteiger partial charge in [-0.1, -0.05) is 24.3 Å². The number of hydrogen-bond acceptors (Lipinski definition) is 8. The van der Waals surface area contributed by atoms with Crippen molar-refractivity contribution >= 4 is 45.3 Å². The number of nitro benzene ring substituents is 1. The number of rotatable bonds is 6. The number of nitro groups is 1. The lowest BCUT2D eigenvalue weighted by Crippen LogP contribution is -2.22. The second-order valence-corrected chi connectivity index (χ2v) is 7.98. The van der Waals surface area contributed by atoms with Crippen LogP contribution in [0, 0.1) is 10.1 Å². The van der Waals surface area contributed by atoms with Crippen LogP contribution in [0.25, 0.3) is 10.8 Å². The number of phenols is 1. The van der Waals surface area contributed by atoms with Crippen molar-refractivity contribution in [3.63, 3.8) is 0 Å². The maximum atomic E-state index is 12.4. The van der Waals surface area contributed by atoms with Crippen LogP contribution in [0.1, 0.15) is 27.6 Å². The Labute approximate surface area is 218 Å². The smallest absolute Gasteiger partial charge is 0.269 e. The van der Waals surface area contributed by atoms with E-state index in [9.17, 15) is 24.8 Å². The molecule has 11 heteroatoms. The molecular formula is C27H27N5O6. The molecule has 0 fully saturated rings. The zero-order chi connectivity index (χ0) is 27.8. The molecule has 0 aliphatic rings. The minimum atomic E-state index is -0.557. The topological polar surface area (TPSA) is 183 Å². The van der Waals surface area contributed by atoms with E-state index in [0.717, 1.165) is 5.39 Å². The number of nitrogens with one attached hydrogen (secondary N) is 2. The molecule has 0 spiro atoms. The number of benzene rings is 4. The quantitative estimate of drug-likeness (QED) is 0.108. The number of aromatic hydroxyl groups is 1. The second kappa shape index (κ2) is 12.1. The van der Waals surface area contributed by atoms with Gasteiger partial charge in [0.15, 0.2) is 5.75 Å². The van der Waals surface area contributed by atoms with Gasteiger partial charge in [-0.2, -0.15) is 0 Å². The molecule has 0 unspecified atom stereocenters. The van der Waals surface area contributed by atoms with Crippen LogP contribution >= 0.6 is 0 Å². The normalized spacial score (nSPS) is 10.2. The lowest BCUT2D eigenvalue weighted by Gasteiger charge is -2.11. The van der Waals surface area contributed by atoms with E-state index in [1.165, 1.54) is 31.4 Å². The molecular weight excluding hydrogens is 490 g/mol. The first-order valence-electron chi connectivity index (χ1n) is 11.4. The molecule has 4 aromatic carbocycles. The minimum absolute atomic E-state index is 0.0320. The van der Waals surface area contributed by atoms with Gasteiger partial charge < -0.3 is 31.9 Å². The van der Waals surface area contributed by atoms with Crippen LogP contribution in [0.3, 0.4) is 0 Å². The van der Waals surface area contributed by atoms with Crippen molar-refractivity contribution in [2.45, 2.75) is 6.92 Å². The van der Waals surface area contributed by atoms with E-state index in [2.05, 4.69) is 10.6 Å². The van der Waals surface area contributed by atoms with Crippen molar-refractivity contribution in [2.24, 2.45) is 0 Å². The van der Waals surface area contributed by atoms with Gasteiger partial charge in [0, 0.05) is 35.3 Å². The van der Waals surface area contributed by atoms with Gasteiger partial charge in [0.1, 0.15) is 5.75 Å². The highest BCUT2D eigenvalue weighted by molar-refractivity contribution is 6.11. The average molecular weight is 518 g/mol. The Morgan fingerprint density at radius 2 is 1.68 bits per heavy atom. The first kappa shape index (κ1) is 27.3. The number of non-ortho nitro benzene ring substituents is 1. The monoisotopic (exact) mass is 517 g/mol. The minimum Gasteiger partial charge on any atom is -0.505 e. The summed E-state index contributed by atoms with van der Waals surface area (Å²) in [6, 6.07) is 19.0. The predicted molar refractivity (Wildman–Crippen MR) is 146 cm³/mol. The molecule has 0 saturated heterocycles. The fraction of sp³-hybridized carbons (Fsp3) is 0.111. The van der Waals surface area contributed by atoms with Gasteiger partial charge in [-0.3, -0.25) is 19.7 Å². The van der Waals surface area contributed by atoms with Gasteiger partial charge in [0.25, 0.3) is 17.5 Å². The van der Waals surface area contributed by atoms with Crippen molar-refractivity contribution in [1.29, 1.82) is 0 Å². The summed E-state index contributed by atoms with van der Waals surface area (Å²) in [7, 11) is 1.54. The summed E-state index contributed by atoms with van der Waals surface area (Å²) in [5.41, 5.74) is 13.0. The summed E-state index contributed by atoms with van der Waals surface area (Å²) < 4.78 is 4.98. The molecule has 38 heavy (non-hydrogen) atoms. The van der Waals surface area contributed by atoms with Gasteiger partial charge in [-0.05, 0) is 48.7 Å². The first-order valence-corrected chi connectivity index (χ1v) is 11.4. The fourth-order valence-electron chi connectivity index (χ4n) is 3.54. The van der Waals surface area contributed by atoms with Crippen molar-refractivity contribution in [2.75, 3.05) is 30.4 Å². The predicted octanol–water partition coefficient (Wildman–Crippen LogP) is 4.32. The number of methoxy groups -OCH3 is 1. The number of nitrogen functional groups attached to an aromatic ring is 2. The lowest BCUT2D eigenvalue weighted by atomic mass is 10.0. The van der Waals surface area contributed by atoms with Crippen molar-refractivity contribution in [1.82, 2.24) is 5.32 Å². The van der Waals surface area contributed by atoms with E-state index in [-0.39, 0.29) is 28.6 Å². The molecule has 0 aliphatic heterocycles. The van der Waals surface area contributed by atoms with Crippen molar-refractivity contribution in [3.8, 4) is 11.5 Å². The number of fused-ring (bicyclic) bond motifs is 1. The number of phenolic OH excluding ortho intramolecular Hbond substituents is 1. The molecule has 4 rings (SSSR count). The standard InChI is InChI=1S/C17H13N3O4.C10H14N2O2/c18-15-13-4-2-1-3-10(13)9-14(16(15)21)17(22)19-11-5-7-12(8-6-11)20(23)24;1-3-12-10(13)7-4-5-9(14-2)8(11)6-7/h1-9,21H,18H2,(H,19,22);4-6H,3,11H2,1-2H3,(H,12,13). The van der Waals surface area contributed by atoms with E-state index < -0.39 is 10.8 Å². The van der Waals surface area contributed by atoms with Crippen LogP contribution in [0.5, 0.6) is 11.5 Å². The average Bonchev–Trinajstić information content (AvgIpc) is 2.91. The van der Waals surface area contributed by atoms with E-state index in [0.29, 0.717) is 34.6 Å². The molecule has 0 bridgehead atoms. The summed E-state index contributed by atoms with van der Waals surface area (Å²) in [6.45, 7) is 2.47. The van der Waals surface area contributed by atoms with Crippen molar-refractivity contribution < 1.29 is 24.4 Å². The van der Waals surface area contributed by atoms with E-state index in [4.69, 9.17) is 16.2 Å². The van der Waals surface area contributed by atoms with Crippen LogP contribution in [-0.4, -0.2) is 35.5 Å². The number of hydrogen-bond donors (Lipinski definition) is 5. The summed E-state index contributed by atoms with van der Waals surface area (Å²) in [5, 5.41) is 27.5. The number of nitrogens with zero attached hydrogens (tertiary/aromatic N) is 1. The Hall–Kier alpha value is -5.32. The number of carbonyl (C=O) groups is 2. The highest BCUT2D eigenvalue weighted by Gasteiger charge is 2.17. The third-order valence-corrected chi connectivity index (χ3v) is 5.47. The summed E-state index contributed by atoms with van der Waals surface area (Å²) >= 11 is 0. The highest BCUT2D eigenvalue weighted by Crippen LogP contribution is 2.34. The summed E-state index contributed by atoms with van der Waals surface area (Å²) in [6.07, 6.45) is 0. The van der Waals surface area contributed by atoms with E-state index >= 15 is 0 Å². The zero-order valence-electron chi connectivity index (χ0n) is 20.7. The maximum Gasteiger partial charge on any atom is 0.269 e. The molecule has 0 aromatic heterocycles. The van der Waals surface area contributed by atoms with Gasteiger partial charge in [-0.15, -0.1) is 0 Å². The van der Waals surface area contributed by atoms with Gasteiger partial charge >= 0.3 is 0 Å². The van der Waals surface area contributed by atoms with Gasteiger partial charge in [0.05, 0.1) is 29.0 Å². The Bertz CT molecular complexity index is 1490. The molecule has 2 amide bonds. The lowest BCUT2D eigenvalue weighted by molar-refractivity contribution is -0.384. The third-order valence-electron chi connectivity index (χ3n) is 5.47. The van der Waals surface area contributed by atoms with Crippen LogP contribution in [0.15, 0.2) is 72.8 Å². The Balaban J connectivity index is 0.000000244. The molecule has 0 saturated carbocycles. The second-order valence-electron chi connectivity index (χ2n) is 7.98. The molecule has 11 nitrogen and oxygen atoms in total. The molecule has 196 valence electrons. The van der Waals surface area contributed by atoms with E-state index in [1.54, 1.807) is 48.5 Å². The number of anilines is 3. The highest BCUT2D eigenvalue weighted by atomic mass is 16.6. The summed E-state index contributed by atoms with van der Waals surface area (Å²) in [4.78, 5) is 33.9. The first-order chi connectivity index (χ1) is 18.2. The molecule has 0 radical (unpaired) electrons. The maximum absolute atomic E-state index is 12.4. The van der Waals surface area contributed by atoms with Gasteiger partial charge in [0.2, 0.25) is 0 Å². The molecule has 0 aliphatic carbocycles. The van der Waals surface area contributed by atoms with Crippen molar-refractivity contribution in [3.05, 3.63) is 94.0 Å². The zero-order valence-corrected chi connectivity index (χ0v) is 20.7. The molecule has 0 atom stereocenters. The number of nitrogens with two attached hydrogens (primary N) is 2. The van der Waals surface area contributed by atoms with Crippen LogP contribution in [0.2, 0.25) is 0 Å². The number of amides is 2.